The number of halogens is 5. The minimum Gasteiger partial charge on any atom is -0.362 e. The molecule has 2 aliphatic carbocycles. The molecule has 2 saturated carbocycles. The van der Waals surface area contributed by atoms with Gasteiger partial charge in [-0.2, -0.15) is 0 Å². The highest BCUT2D eigenvalue weighted by atomic mass is 19.2. The molecular weight excluding hydrogens is 293 g/mol. The number of fused-ring (bicyclic) bond motifs is 1. The number of rotatable bonds is 1. The second-order valence-electron chi connectivity index (χ2n) is 6.40. The smallest absolute Gasteiger partial charge is 0.163 e. The third-order valence-electron chi connectivity index (χ3n) is 5.04. The summed E-state index contributed by atoms with van der Waals surface area (Å²) < 4.78 is 73.4. The Morgan fingerprint density at radius 1 is 0.857 bits per heavy atom. The van der Waals surface area contributed by atoms with Gasteiger partial charge in [0, 0.05) is 31.3 Å². The van der Waals surface area contributed by atoms with E-state index in [0.29, 0.717) is 6.42 Å². The van der Waals surface area contributed by atoms with Gasteiger partial charge < -0.3 is 4.74 Å². The Morgan fingerprint density at radius 2 is 1.62 bits per heavy atom. The number of nitrogens with zero attached hydrogens (tertiary/aromatic N) is 1. The first-order valence-corrected chi connectivity index (χ1v) is 7.53. The average Bonchev–Trinajstić information content (AvgIpc) is 2.45. The quantitative estimate of drug-likeness (QED) is 0.690. The van der Waals surface area contributed by atoms with Crippen LogP contribution in [0.25, 0.3) is 0 Å². The number of alkyl halides is 5. The molecule has 7 heteroatoms. The van der Waals surface area contributed by atoms with Crippen LogP contribution in [-0.2, 0) is 4.74 Å². The fourth-order valence-electron chi connectivity index (χ4n) is 3.79. The average molecular weight is 313 g/mol. The van der Waals surface area contributed by atoms with E-state index in [9.17, 15) is 22.0 Å². The first-order valence-electron chi connectivity index (χ1n) is 7.53. The first kappa shape index (κ1) is 15.5. The van der Waals surface area contributed by atoms with Crippen molar-refractivity contribution in [1.29, 1.82) is 0 Å². The topological polar surface area (TPSA) is 12.5 Å². The zero-order chi connectivity index (χ0) is 15.1. The lowest BCUT2D eigenvalue weighted by Crippen LogP contribution is -2.60. The molecule has 3 fully saturated rings. The molecule has 3 aliphatic rings. The van der Waals surface area contributed by atoms with Crippen molar-refractivity contribution in [2.24, 2.45) is 5.92 Å². The molecule has 8 atom stereocenters. The van der Waals surface area contributed by atoms with Gasteiger partial charge >= 0.3 is 0 Å². The van der Waals surface area contributed by atoms with Crippen molar-refractivity contribution in [3.63, 3.8) is 0 Å². The molecule has 2 nitrogen and oxygen atoms in total. The minimum atomic E-state index is -2.14. The third-order valence-corrected chi connectivity index (χ3v) is 5.04. The summed E-state index contributed by atoms with van der Waals surface area (Å²) in [7, 11) is 0. The molecule has 0 aromatic rings. The van der Waals surface area contributed by atoms with Gasteiger partial charge in [-0.25, -0.2) is 22.0 Å². The van der Waals surface area contributed by atoms with E-state index in [4.69, 9.17) is 4.74 Å². The van der Waals surface area contributed by atoms with Crippen molar-refractivity contribution < 1.29 is 26.7 Å². The van der Waals surface area contributed by atoms with Gasteiger partial charge in [-0.1, -0.05) is 0 Å². The molecule has 3 rings (SSSR count). The van der Waals surface area contributed by atoms with E-state index < -0.39 is 48.9 Å². The van der Waals surface area contributed by atoms with E-state index in [1.54, 1.807) is 4.90 Å². The van der Waals surface area contributed by atoms with Gasteiger partial charge in [-0.15, -0.1) is 0 Å². The summed E-state index contributed by atoms with van der Waals surface area (Å²) in [5.41, 5.74) is 0. The molecule has 1 heterocycles. The number of hydrogen-bond donors (Lipinski definition) is 0. The van der Waals surface area contributed by atoms with Crippen LogP contribution in [0, 0.1) is 5.92 Å². The van der Waals surface area contributed by atoms with Crippen LogP contribution in [0.3, 0.4) is 0 Å². The number of hydrogen-bond acceptors (Lipinski definition) is 2. The van der Waals surface area contributed by atoms with Crippen LogP contribution in [0.15, 0.2) is 0 Å². The molecule has 0 N–H and O–H groups in total. The molecular formula is C14H20F5NO. The monoisotopic (exact) mass is 313 g/mol. The van der Waals surface area contributed by atoms with E-state index in [2.05, 4.69) is 0 Å². The maximum Gasteiger partial charge on any atom is 0.163 e. The summed E-state index contributed by atoms with van der Waals surface area (Å²) in [6, 6.07) is -0.522. The highest BCUT2D eigenvalue weighted by molar-refractivity contribution is 4.98. The molecule has 1 saturated heterocycles. The van der Waals surface area contributed by atoms with Gasteiger partial charge in [-0.05, 0) is 12.8 Å². The highest BCUT2D eigenvalue weighted by Crippen LogP contribution is 2.38. The van der Waals surface area contributed by atoms with E-state index in [1.165, 1.54) is 0 Å². The lowest BCUT2D eigenvalue weighted by molar-refractivity contribution is -0.181. The maximum atomic E-state index is 14.0. The van der Waals surface area contributed by atoms with Gasteiger partial charge in [0.25, 0.3) is 0 Å². The Kier molecular flexibility index (Phi) is 4.41. The van der Waals surface area contributed by atoms with Gasteiger partial charge in [0.2, 0.25) is 0 Å². The summed E-state index contributed by atoms with van der Waals surface area (Å²) >= 11 is 0. The zero-order valence-electron chi connectivity index (χ0n) is 11.6. The van der Waals surface area contributed by atoms with Gasteiger partial charge in [0.1, 0.15) is 24.7 Å². The molecule has 1 aliphatic heterocycles. The van der Waals surface area contributed by atoms with Crippen LogP contribution in [0.1, 0.15) is 25.7 Å². The lowest BCUT2D eigenvalue weighted by Gasteiger charge is -2.48. The second-order valence-corrected chi connectivity index (χ2v) is 6.40. The van der Waals surface area contributed by atoms with E-state index in [-0.39, 0.29) is 32.5 Å². The molecule has 8 unspecified atom stereocenters. The molecule has 0 spiro atoms. The lowest BCUT2D eigenvalue weighted by atomic mass is 9.80. The van der Waals surface area contributed by atoms with Gasteiger partial charge in [0.05, 0.1) is 12.8 Å². The van der Waals surface area contributed by atoms with Crippen LogP contribution in [0.4, 0.5) is 22.0 Å². The van der Waals surface area contributed by atoms with Crippen molar-refractivity contribution >= 4 is 0 Å². The van der Waals surface area contributed by atoms with E-state index >= 15 is 0 Å². The summed E-state index contributed by atoms with van der Waals surface area (Å²) in [6.45, 7) is 0.209. The fourth-order valence-corrected chi connectivity index (χ4v) is 3.79. The van der Waals surface area contributed by atoms with Crippen LogP contribution in [0.2, 0.25) is 0 Å². The summed E-state index contributed by atoms with van der Waals surface area (Å²) in [4.78, 5) is 1.62. The Labute approximate surface area is 120 Å². The largest absolute Gasteiger partial charge is 0.362 e. The van der Waals surface area contributed by atoms with Crippen LogP contribution in [-0.4, -0.2) is 61.2 Å². The molecule has 21 heavy (non-hydrogen) atoms. The second kappa shape index (κ2) is 5.99. The SMILES string of the molecule is FC1CCC(N2COC3CC(F)C(F)C(F)C3C2)C(F)C1. The molecule has 122 valence electrons. The Hall–Kier alpha value is -0.430. The Bertz CT molecular complexity index is 371. The van der Waals surface area contributed by atoms with Crippen molar-refractivity contribution in [3.8, 4) is 0 Å². The minimum absolute atomic E-state index is 0.0690. The predicted octanol–water partition coefficient (Wildman–Crippen LogP) is 2.91. The molecule has 0 bridgehead atoms. The Balaban J connectivity index is 1.66. The molecule has 0 amide bonds. The van der Waals surface area contributed by atoms with Gasteiger partial charge in [-0.3, -0.25) is 4.90 Å². The normalized spacial score (nSPS) is 52.4. The molecule has 0 aromatic carbocycles. The van der Waals surface area contributed by atoms with Crippen LogP contribution in [0.5, 0.6) is 0 Å². The van der Waals surface area contributed by atoms with E-state index in [1.807, 2.05) is 0 Å². The highest BCUT2D eigenvalue weighted by Gasteiger charge is 2.50. The summed E-state index contributed by atoms with van der Waals surface area (Å²) in [5.74, 6) is -0.781. The third kappa shape index (κ3) is 2.91. The zero-order valence-corrected chi connectivity index (χ0v) is 11.6. The van der Waals surface area contributed by atoms with Crippen molar-refractivity contribution in [2.75, 3.05) is 13.3 Å². The van der Waals surface area contributed by atoms with Crippen molar-refractivity contribution in [2.45, 2.75) is 68.7 Å². The standard InChI is InChI=1S/C14H20F5NO/c15-7-1-2-11(9(16)3-7)20-5-8-12(21-6-20)4-10(17)14(19)13(8)18/h7-14H,1-6H2. The molecule has 0 aromatic heterocycles. The Morgan fingerprint density at radius 3 is 2.33 bits per heavy atom. The van der Waals surface area contributed by atoms with Gasteiger partial charge in [0.15, 0.2) is 6.17 Å². The first-order chi connectivity index (χ1) is 9.97. The van der Waals surface area contributed by atoms with Crippen LogP contribution >= 0.6 is 0 Å². The number of ether oxygens (including phenoxy) is 1. The van der Waals surface area contributed by atoms with Crippen molar-refractivity contribution in [1.82, 2.24) is 4.90 Å². The van der Waals surface area contributed by atoms with E-state index in [0.717, 1.165) is 0 Å². The molecule has 0 radical (unpaired) electrons. The predicted molar refractivity (Wildman–Crippen MR) is 66.7 cm³/mol. The fraction of sp³-hybridized carbons (Fsp3) is 1.00. The van der Waals surface area contributed by atoms with Crippen LogP contribution < -0.4 is 0 Å². The summed E-state index contributed by atoms with van der Waals surface area (Å²) in [5, 5.41) is 0. The van der Waals surface area contributed by atoms with Crippen molar-refractivity contribution in [3.05, 3.63) is 0 Å². The summed E-state index contributed by atoms with van der Waals surface area (Å²) in [6.07, 6.45) is -8.75. The maximum absolute atomic E-state index is 14.0.